The predicted molar refractivity (Wildman–Crippen MR) is 44.7 cm³/mol. The molecular weight excluding hydrogens is 156 g/mol. The average molecular weight is 170 g/mol. The summed E-state index contributed by atoms with van der Waals surface area (Å²) in [5.74, 6) is -1.63. The van der Waals surface area contributed by atoms with Crippen LogP contribution in [0.2, 0.25) is 0 Å². The van der Waals surface area contributed by atoms with Crippen molar-refractivity contribution in [2.75, 3.05) is 0 Å². The highest BCUT2D eigenvalue weighted by atomic mass is 16.4. The van der Waals surface area contributed by atoms with E-state index in [2.05, 4.69) is 6.58 Å². The second-order valence-electron chi connectivity index (χ2n) is 3.43. The predicted octanol–water partition coefficient (Wildman–Crippen LogP) is 1.03. The van der Waals surface area contributed by atoms with E-state index < -0.39 is 17.5 Å². The highest BCUT2D eigenvalue weighted by molar-refractivity contribution is 5.71. The van der Waals surface area contributed by atoms with Crippen LogP contribution in [-0.4, -0.2) is 21.8 Å². The number of carboxylic acid groups (broad SMARTS) is 1. The van der Waals surface area contributed by atoms with Crippen molar-refractivity contribution in [3.63, 3.8) is 0 Å². The number of aliphatic hydroxyl groups is 1. The first-order valence-electron chi connectivity index (χ1n) is 4.11. The second-order valence-corrected chi connectivity index (χ2v) is 3.43. The van der Waals surface area contributed by atoms with Crippen molar-refractivity contribution in [3.8, 4) is 0 Å². The molecule has 2 N–H and O–H groups in total. The van der Waals surface area contributed by atoms with Crippen LogP contribution in [0.1, 0.15) is 19.8 Å². The number of rotatable bonds is 4. The van der Waals surface area contributed by atoms with Crippen molar-refractivity contribution in [3.05, 3.63) is 12.7 Å². The number of carbonyl (C=O) groups is 1. The molecule has 0 radical (unpaired) electrons. The van der Waals surface area contributed by atoms with Crippen molar-refractivity contribution >= 4 is 5.97 Å². The van der Waals surface area contributed by atoms with E-state index in [0.29, 0.717) is 0 Å². The molecule has 0 spiro atoms. The molecule has 1 aliphatic carbocycles. The fourth-order valence-electron chi connectivity index (χ4n) is 1.44. The molecular formula is C9H14O3. The lowest BCUT2D eigenvalue weighted by Gasteiger charge is -2.28. The van der Waals surface area contributed by atoms with Crippen LogP contribution in [0.25, 0.3) is 0 Å². The Labute approximate surface area is 71.7 Å². The van der Waals surface area contributed by atoms with Gasteiger partial charge in [0.2, 0.25) is 0 Å². The summed E-state index contributed by atoms with van der Waals surface area (Å²) in [4.78, 5) is 10.6. The lowest BCUT2D eigenvalue weighted by molar-refractivity contribution is -0.149. The molecule has 68 valence electrons. The Bertz CT molecular complexity index is 208. The summed E-state index contributed by atoms with van der Waals surface area (Å²) in [7, 11) is 0. The molecule has 0 aromatic carbocycles. The zero-order valence-electron chi connectivity index (χ0n) is 7.16. The summed E-state index contributed by atoms with van der Waals surface area (Å²) in [6.07, 6.45) is 3.17. The van der Waals surface area contributed by atoms with Gasteiger partial charge in [-0.25, -0.2) is 0 Å². The first-order valence-corrected chi connectivity index (χ1v) is 4.11. The summed E-state index contributed by atoms with van der Waals surface area (Å²) in [6, 6.07) is 0. The topological polar surface area (TPSA) is 57.5 Å². The maximum Gasteiger partial charge on any atom is 0.309 e. The summed E-state index contributed by atoms with van der Waals surface area (Å²) >= 11 is 0. The summed E-state index contributed by atoms with van der Waals surface area (Å²) < 4.78 is 0. The van der Waals surface area contributed by atoms with Gasteiger partial charge >= 0.3 is 5.97 Å². The Morgan fingerprint density at radius 1 is 1.75 bits per heavy atom. The van der Waals surface area contributed by atoms with Crippen LogP contribution in [0.5, 0.6) is 0 Å². The van der Waals surface area contributed by atoms with Gasteiger partial charge in [-0.1, -0.05) is 6.08 Å². The standard InChI is InChI=1S/C9H14O3/c1-3-9(12,7-4-5-7)6(2)8(10)11/h3,6-7,12H,1,4-5H2,2H3,(H,10,11). The largest absolute Gasteiger partial charge is 0.481 e. The van der Waals surface area contributed by atoms with Gasteiger partial charge in [-0.15, -0.1) is 6.58 Å². The maximum absolute atomic E-state index is 10.6. The molecule has 0 aromatic rings. The van der Waals surface area contributed by atoms with Crippen LogP contribution in [0, 0.1) is 11.8 Å². The van der Waals surface area contributed by atoms with Crippen LogP contribution in [0.15, 0.2) is 12.7 Å². The van der Waals surface area contributed by atoms with E-state index in [0.717, 1.165) is 12.8 Å². The molecule has 0 amide bonds. The minimum atomic E-state index is -1.20. The molecule has 3 nitrogen and oxygen atoms in total. The third-order valence-corrected chi connectivity index (χ3v) is 2.62. The van der Waals surface area contributed by atoms with Crippen LogP contribution < -0.4 is 0 Å². The van der Waals surface area contributed by atoms with E-state index in [9.17, 15) is 9.90 Å². The Morgan fingerprint density at radius 2 is 2.25 bits per heavy atom. The minimum Gasteiger partial charge on any atom is -0.481 e. The van der Waals surface area contributed by atoms with Crippen molar-refractivity contribution in [2.45, 2.75) is 25.4 Å². The number of hydrogen-bond acceptors (Lipinski definition) is 2. The summed E-state index contributed by atoms with van der Waals surface area (Å²) in [6.45, 7) is 5.00. The number of hydrogen-bond donors (Lipinski definition) is 2. The van der Waals surface area contributed by atoms with E-state index in [1.165, 1.54) is 13.0 Å². The Hall–Kier alpha value is -0.830. The molecule has 0 aromatic heterocycles. The van der Waals surface area contributed by atoms with E-state index in [4.69, 9.17) is 5.11 Å². The average Bonchev–Trinajstić information content (AvgIpc) is 2.84. The lowest BCUT2D eigenvalue weighted by atomic mass is 9.84. The van der Waals surface area contributed by atoms with Crippen LogP contribution in [0.4, 0.5) is 0 Å². The van der Waals surface area contributed by atoms with Gasteiger partial charge < -0.3 is 10.2 Å². The fourth-order valence-corrected chi connectivity index (χ4v) is 1.44. The van der Waals surface area contributed by atoms with Gasteiger partial charge in [0.1, 0.15) is 0 Å². The molecule has 2 atom stereocenters. The second kappa shape index (κ2) is 2.90. The van der Waals surface area contributed by atoms with Gasteiger partial charge in [0.05, 0.1) is 11.5 Å². The van der Waals surface area contributed by atoms with Gasteiger partial charge in [-0.2, -0.15) is 0 Å². The molecule has 0 saturated heterocycles. The summed E-state index contributed by atoms with van der Waals surface area (Å²) in [5, 5.41) is 18.6. The zero-order valence-corrected chi connectivity index (χ0v) is 7.16. The van der Waals surface area contributed by atoms with Crippen molar-refractivity contribution < 1.29 is 15.0 Å². The minimum absolute atomic E-state index is 0.0982. The van der Waals surface area contributed by atoms with Crippen LogP contribution >= 0.6 is 0 Å². The molecule has 1 fully saturated rings. The van der Waals surface area contributed by atoms with E-state index in [1.807, 2.05) is 0 Å². The quantitative estimate of drug-likeness (QED) is 0.619. The van der Waals surface area contributed by atoms with Crippen LogP contribution in [-0.2, 0) is 4.79 Å². The Morgan fingerprint density at radius 3 is 2.50 bits per heavy atom. The molecule has 1 saturated carbocycles. The van der Waals surface area contributed by atoms with Gasteiger partial charge in [0, 0.05) is 0 Å². The SMILES string of the molecule is C=CC(O)(C1CC1)C(C)C(=O)O. The normalized spacial score (nSPS) is 24.2. The Balaban J connectivity index is 2.77. The zero-order chi connectivity index (χ0) is 9.35. The molecule has 0 aliphatic heterocycles. The van der Waals surface area contributed by atoms with E-state index in [1.54, 1.807) is 0 Å². The maximum atomic E-state index is 10.6. The van der Waals surface area contributed by atoms with Gasteiger partial charge in [0.15, 0.2) is 0 Å². The highest BCUT2D eigenvalue weighted by Gasteiger charge is 2.47. The van der Waals surface area contributed by atoms with E-state index >= 15 is 0 Å². The number of aliphatic carboxylic acids is 1. The lowest BCUT2D eigenvalue weighted by Crippen LogP contribution is -2.40. The smallest absolute Gasteiger partial charge is 0.309 e. The fraction of sp³-hybridized carbons (Fsp3) is 0.667. The highest BCUT2D eigenvalue weighted by Crippen LogP contribution is 2.44. The first kappa shape index (κ1) is 9.26. The van der Waals surface area contributed by atoms with Gasteiger partial charge in [0.25, 0.3) is 0 Å². The first-order chi connectivity index (χ1) is 5.52. The molecule has 0 heterocycles. The molecule has 3 heteroatoms. The van der Waals surface area contributed by atoms with Crippen molar-refractivity contribution in [2.24, 2.45) is 11.8 Å². The summed E-state index contributed by atoms with van der Waals surface area (Å²) in [5.41, 5.74) is -1.20. The van der Waals surface area contributed by atoms with Gasteiger partial charge in [-0.05, 0) is 25.7 Å². The molecule has 1 aliphatic rings. The monoisotopic (exact) mass is 170 g/mol. The number of carboxylic acids is 1. The third kappa shape index (κ3) is 1.37. The van der Waals surface area contributed by atoms with Crippen LogP contribution in [0.3, 0.4) is 0 Å². The van der Waals surface area contributed by atoms with Crippen molar-refractivity contribution in [1.82, 2.24) is 0 Å². The van der Waals surface area contributed by atoms with Crippen molar-refractivity contribution in [1.29, 1.82) is 0 Å². The molecule has 0 bridgehead atoms. The van der Waals surface area contributed by atoms with Gasteiger partial charge in [-0.3, -0.25) is 4.79 Å². The molecule has 12 heavy (non-hydrogen) atoms. The third-order valence-electron chi connectivity index (χ3n) is 2.62. The molecule has 1 rings (SSSR count). The molecule has 2 unspecified atom stereocenters. The van der Waals surface area contributed by atoms with E-state index in [-0.39, 0.29) is 5.92 Å². The Kier molecular flexibility index (Phi) is 2.24.